The summed E-state index contributed by atoms with van der Waals surface area (Å²) < 4.78 is 0. The van der Waals surface area contributed by atoms with Crippen molar-refractivity contribution in [1.82, 2.24) is 9.88 Å². The Morgan fingerprint density at radius 3 is 2.48 bits per heavy atom. The minimum Gasteiger partial charge on any atom is -0.392 e. The van der Waals surface area contributed by atoms with Gasteiger partial charge in [0.2, 0.25) is 5.91 Å². The van der Waals surface area contributed by atoms with Gasteiger partial charge in [-0.2, -0.15) is 0 Å². The van der Waals surface area contributed by atoms with Gasteiger partial charge in [0.1, 0.15) is 0 Å². The minimum atomic E-state index is 0.0810. The predicted octanol–water partition coefficient (Wildman–Crippen LogP) is 2.03. The Morgan fingerprint density at radius 1 is 1.08 bits per heavy atom. The number of hydrogen-bond acceptors (Lipinski definition) is 4. The van der Waals surface area contributed by atoms with Crippen molar-refractivity contribution in [2.24, 2.45) is 0 Å². The zero-order chi connectivity index (χ0) is 17.6. The number of aryl methyl sites for hydroxylation is 2. The van der Waals surface area contributed by atoms with Gasteiger partial charge in [-0.3, -0.25) is 9.78 Å². The Morgan fingerprint density at radius 2 is 1.84 bits per heavy atom. The van der Waals surface area contributed by atoms with E-state index < -0.39 is 0 Å². The summed E-state index contributed by atoms with van der Waals surface area (Å²) in [4.78, 5) is 20.2. The number of hydrogen-bond donors (Lipinski definition) is 1. The van der Waals surface area contributed by atoms with E-state index in [1.54, 1.807) is 6.92 Å². The lowest BCUT2D eigenvalue weighted by Gasteiger charge is -2.35. The van der Waals surface area contributed by atoms with Crippen molar-refractivity contribution in [2.75, 3.05) is 31.1 Å². The second-order valence-electron chi connectivity index (χ2n) is 6.48. The Bertz CT molecular complexity index is 707. The van der Waals surface area contributed by atoms with Gasteiger partial charge in [-0.25, -0.2) is 0 Å². The lowest BCUT2D eigenvalue weighted by atomic mass is 10.1. The van der Waals surface area contributed by atoms with Crippen LogP contribution in [0.3, 0.4) is 0 Å². The first-order chi connectivity index (χ1) is 12.2. The lowest BCUT2D eigenvalue weighted by Crippen LogP contribution is -2.48. The van der Waals surface area contributed by atoms with Gasteiger partial charge < -0.3 is 14.9 Å². The van der Waals surface area contributed by atoms with Crippen molar-refractivity contribution in [2.45, 2.75) is 26.4 Å². The molecule has 1 N–H and O–H groups in total. The summed E-state index contributed by atoms with van der Waals surface area (Å²) >= 11 is 0. The largest absolute Gasteiger partial charge is 0.392 e. The molecule has 0 unspecified atom stereocenters. The lowest BCUT2D eigenvalue weighted by molar-refractivity contribution is -0.129. The second-order valence-corrected chi connectivity index (χ2v) is 6.48. The number of rotatable bonds is 5. The van der Waals surface area contributed by atoms with Crippen molar-refractivity contribution >= 4 is 11.6 Å². The molecule has 0 saturated carbocycles. The molecule has 0 bridgehead atoms. The highest BCUT2D eigenvalue weighted by molar-refractivity contribution is 5.73. The number of nitrogens with zero attached hydrogens (tertiary/aromatic N) is 3. The van der Waals surface area contributed by atoms with Crippen molar-refractivity contribution in [3.8, 4) is 0 Å². The molecule has 5 heteroatoms. The van der Waals surface area contributed by atoms with Crippen molar-refractivity contribution < 1.29 is 9.90 Å². The zero-order valence-electron chi connectivity index (χ0n) is 14.7. The number of carbonyl (C=O) groups is 1. The Kier molecular flexibility index (Phi) is 5.66. The normalized spacial score (nSPS) is 14.6. The van der Waals surface area contributed by atoms with E-state index in [4.69, 9.17) is 0 Å². The molecule has 1 aliphatic heterocycles. The first-order valence-electron chi connectivity index (χ1n) is 8.80. The number of aliphatic hydroxyl groups excluding tert-OH is 1. The third kappa shape index (κ3) is 4.57. The molecule has 1 fully saturated rings. The fourth-order valence-corrected chi connectivity index (χ4v) is 3.19. The van der Waals surface area contributed by atoms with Gasteiger partial charge in [0.15, 0.2) is 0 Å². The van der Waals surface area contributed by atoms with Gasteiger partial charge in [0.05, 0.1) is 18.5 Å². The van der Waals surface area contributed by atoms with Gasteiger partial charge in [-0.1, -0.05) is 24.3 Å². The van der Waals surface area contributed by atoms with Gasteiger partial charge in [-0.15, -0.1) is 0 Å². The molecule has 2 heterocycles. The number of benzene rings is 1. The van der Waals surface area contributed by atoms with Crippen LogP contribution >= 0.6 is 0 Å². The molecule has 1 aromatic heterocycles. The number of piperazine rings is 1. The quantitative estimate of drug-likeness (QED) is 0.906. The molecule has 132 valence electrons. The molecule has 25 heavy (non-hydrogen) atoms. The summed E-state index contributed by atoms with van der Waals surface area (Å²) in [5, 5.41) is 9.21. The number of aromatic nitrogens is 1. The topological polar surface area (TPSA) is 56.7 Å². The standard InChI is InChI=1S/C20H25N3O2/c1-16(25)22-9-11-23(12-10-22)20-8-7-19(21-14-20)6-5-17-3-2-4-18(13-17)15-24/h2-4,7-8,13-14,24H,5-6,9-12,15H2,1H3. The van der Waals surface area contributed by atoms with Crippen LogP contribution in [0.5, 0.6) is 0 Å². The SMILES string of the molecule is CC(=O)N1CCN(c2ccc(CCc3cccc(CO)c3)nc2)CC1. The maximum atomic E-state index is 11.4. The van der Waals surface area contributed by atoms with Gasteiger partial charge in [0, 0.05) is 38.8 Å². The molecule has 0 atom stereocenters. The van der Waals surface area contributed by atoms with Crippen LogP contribution in [-0.2, 0) is 24.2 Å². The molecular weight excluding hydrogens is 314 g/mol. The zero-order valence-corrected chi connectivity index (χ0v) is 14.7. The van der Waals surface area contributed by atoms with Crippen molar-refractivity contribution in [1.29, 1.82) is 0 Å². The van der Waals surface area contributed by atoms with Crippen LogP contribution in [0.25, 0.3) is 0 Å². The van der Waals surface area contributed by atoms with Crippen LogP contribution in [0.1, 0.15) is 23.7 Å². The highest BCUT2D eigenvalue weighted by Gasteiger charge is 2.18. The fraction of sp³-hybridized carbons (Fsp3) is 0.400. The molecule has 0 aliphatic carbocycles. The number of carbonyl (C=O) groups excluding carboxylic acids is 1. The number of aliphatic hydroxyl groups is 1. The number of pyridine rings is 1. The van der Waals surface area contributed by atoms with Crippen LogP contribution in [-0.4, -0.2) is 47.1 Å². The Labute approximate surface area is 148 Å². The van der Waals surface area contributed by atoms with Crippen molar-refractivity contribution in [3.05, 3.63) is 59.4 Å². The summed E-state index contributed by atoms with van der Waals surface area (Å²) in [7, 11) is 0. The van der Waals surface area contributed by atoms with E-state index in [0.717, 1.165) is 56.0 Å². The summed E-state index contributed by atoms with van der Waals surface area (Å²) in [6.07, 6.45) is 3.73. The molecule has 1 amide bonds. The summed E-state index contributed by atoms with van der Waals surface area (Å²) in [5.41, 5.74) is 4.36. The highest BCUT2D eigenvalue weighted by Crippen LogP contribution is 2.17. The molecule has 1 saturated heterocycles. The summed E-state index contributed by atoms with van der Waals surface area (Å²) in [6, 6.07) is 12.3. The fourth-order valence-electron chi connectivity index (χ4n) is 3.19. The summed E-state index contributed by atoms with van der Waals surface area (Å²) in [5.74, 6) is 0.151. The maximum Gasteiger partial charge on any atom is 0.219 e. The Hall–Kier alpha value is -2.40. The van der Waals surface area contributed by atoms with Crippen LogP contribution in [0.4, 0.5) is 5.69 Å². The minimum absolute atomic E-state index is 0.0810. The molecule has 1 aliphatic rings. The molecular formula is C20H25N3O2. The molecule has 0 spiro atoms. The molecule has 3 rings (SSSR count). The molecule has 1 aromatic carbocycles. The van der Waals surface area contributed by atoms with Crippen molar-refractivity contribution in [3.63, 3.8) is 0 Å². The van der Waals surface area contributed by atoms with Crippen LogP contribution < -0.4 is 4.90 Å². The van der Waals surface area contributed by atoms with E-state index in [1.165, 1.54) is 5.56 Å². The van der Waals surface area contributed by atoms with E-state index in [1.807, 2.05) is 29.3 Å². The monoisotopic (exact) mass is 339 g/mol. The highest BCUT2D eigenvalue weighted by atomic mass is 16.3. The third-order valence-corrected chi connectivity index (χ3v) is 4.74. The molecule has 5 nitrogen and oxygen atoms in total. The second kappa shape index (κ2) is 8.12. The van der Waals surface area contributed by atoms with Crippen LogP contribution in [0, 0.1) is 0 Å². The third-order valence-electron chi connectivity index (χ3n) is 4.74. The number of anilines is 1. The smallest absolute Gasteiger partial charge is 0.219 e. The first kappa shape index (κ1) is 17.4. The van der Waals surface area contributed by atoms with Crippen LogP contribution in [0.2, 0.25) is 0 Å². The Balaban J connectivity index is 1.54. The molecule has 2 aromatic rings. The van der Waals surface area contributed by atoms with E-state index in [0.29, 0.717) is 0 Å². The van der Waals surface area contributed by atoms with E-state index in [2.05, 4.69) is 28.1 Å². The first-order valence-corrected chi connectivity index (χ1v) is 8.80. The van der Waals surface area contributed by atoms with Gasteiger partial charge >= 0.3 is 0 Å². The van der Waals surface area contributed by atoms with Gasteiger partial charge in [-0.05, 0) is 36.1 Å². The van der Waals surface area contributed by atoms with E-state index >= 15 is 0 Å². The average molecular weight is 339 g/mol. The molecule has 0 radical (unpaired) electrons. The van der Waals surface area contributed by atoms with E-state index in [9.17, 15) is 9.90 Å². The average Bonchev–Trinajstić information content (AvgIpc) is 2.67. The summed E-state index contributed by atoms with van der Waals surface area (Å²) in [6.45, 7) is 4.97. The maximum absolute atomic E-state index is 11.4. The number of amides is 1. The predicted molar refractivity (Wildman–Crippen MR) is 98.5 cm³/mol. The van der Waals surface area contributed by atoms with Gasteiger partial charge in [0.25, 0.3) is 0 Å². The van der Waals surface area contributed by atoms with Crippen LogP contribution in [0.15, 0.2) is 42.6 Å². The van der Waals surface area contributed by atoms with E-state index in [-0.39, 0.29) is 12.5 Å².